The van der Waals surface area contributed by atoms with Crippen LogP contribution in [-0.4, -0.2) is 35.8 Å². The van der Waals surface area contributed by atoms with Crippen molar-refractivity contribution in [3.63, 3.8) is 0 Å². The fourth-order valence-electron chi connectivity index (χ4n) is 1.88. The average Bonchev–Trinajstić information content (AvgIpc) is 2.71. The Balaban J connectivity index is 2.11. The van der Waals surface area contributed by atoms with Crippen LogP contribution < -0.4 is 4.72 Å². The Kier molecular flexibility index (Phi) is 4.38. The van der Waals surface area contributed by atoms with Gasteiger partial charge in [-0.1, -0.05) is 0 Å². The van der Waals surface area contributed by atoms with Gasteiger partial charge in [0.25, 0.3) is 0 Å². The number of nitrogens with zero attached hydrogens (tertiary/aromatic N) is 3. The molecule has 2 heterocycles. The van der Waals surface area contributed by atoms with Gasteiger partial charge in [-0.25, -0.2) is 18.1 Å². The zero-order valence-corrected chi connectivity index (χ0v) is 12.1. The highest BCUT2D eigenvalue weighted by Crippen LogP contribution is 2.16. The predicted octanol–water partition coefficient (Wildman–Crippen LogP) is 1.11. The van der Waals surface area contributed by atoms with Gasteiger partial charge in [-0.2, -0.15) is 0 Å². The van der Waals surface area contributed by atoms with Crippen LogP contribution in [0.4, 0.5) is 0 Å². The maximum atomic E-state index is 11.0. The lowest BCUT2D eigenvalue weighted by Gasteiger charge is -2.07. The van der Waals surface area contributed by atoms with E-state index in [9.17, 15) is 8.42 Å². The highest BCUT2D eigenvalue weighted by molar-refractivity contribution is 7.88. The zero-order chi connectivity index (χ0) is 13.9. The molecule has 8 heteroatoms. The van der Waals surface area contributed by atoms with Gasteiger partial charge in [-0.05, 0) is 12.5 Å². The van der Waals surface area contributed by atoms with E-state index in [-0.39, 0.29) is 0 Å². The summed E-state index contributed by atoms with van der Waals surface area (Å²) in [5.41, 5.74) is 1.76. The molecule has 0 fully saturated rings. The van der Waals surface area contributed by atoms with Crippen molar-refractivity contribution in [2.75, 3.05) is 12.8 Å². The van der Waals surface area contributed by atoms with Crippen molar-refractivity contribution in [3.05, 3.63) is 24.3 Å². The minimum atomic E-state index is -3.13. The fraction of sp³-hybridized carbons (Fsp3) is 0.455. The van der Waals surface area contributed by atoms with Gasteiger partial charge in [0.2, 0.25) is 10.0 Å². The van der Waals surface area contributed by atoms with Crippen molar-refractivity contribution in [3.8, 4) is 0 Å². The minimum Gasteiger partial charge on any atom is -0.327 e. The number of fused-ring (bicyclic) bond motifs is 1. The quantitative estimate of drug-likeness (QED) is 0.640. The lowest BCUT2D eigenvalue weighted by molar-refractivity contribution is 0.575. The summed E-state index contributed by atoms with van der Waals surface area (Å²) >= 11 is 5.87. The van der Waals surface area contributed by atoms with E-state index < -0.39 is 10.0 Å². The molecule has 0 unspecified atom stereocenters. The van der Waals surface area contributed by atoms with Gasteiger partial charge >= 0.3 is 0 Å². The number of aromatic nitrogens is 3. The van der Waals surface area contributed by atoms with E-state index in [1.54, 1.807) is 12.4 Å². The molecular formula is C11H15ClN4O2S. The Bertz CT molecular complexity index is 668. The first-order valence-corrected chi connectivity index (χ1v) is 8.23. The van der Waals surface area contributed by atoms with Crippen LogP contribution in [0.5, 0.6) is 0 Å². The summed E-state index contributed by atoms with van der Waals surface area (Å²) in [6.07, 6.45) is 5.21. The largest absolute Gasteiger partial charge is 0.327 e. The van der Waals surface area contributed by atoms with Crippen molar-refractivity contribution in [2.45, 2.75) is 18.8 Å². The summed E-state index contributed by atoms with van der Waals surface area (Å²) in [4.78, 5) is 8.41. The molecule has 0 atom stereocenters. The predicted molar refractivity (Wildman–Crippen MR) is 74.5 cm³/mol. The van der Waals surface area contributed by atoms with E-state index in [1.807, 2.05) is 10.6 Å². The number of imidazole rings is 1. The van der Waals surface area contributed by atoms with Crippen molar-refractivity contribution in [1.82, 2.24) is 19.3 Å². The van der Waals surface area contributed by atoms with Gasteiger partial charge in [0, 0.05) is 19.3 Å². The Morgan fingerprint density at radius 1 is 1.47 bits per heavy atom. The number of alkyl halides is 1. The van der Waals surface area contributed by atoms with Gasteiger partial charge < -0.3 is 4.57 Å². The molecule has 0 amide bonds. The van der Waals surface area contributed by atoms with Gasteiger partial charge in [-0.3, -0.25) is 4.98 Å². The first kappa shape index (κ1) is 14.2. The molecule has 0 saturated carbocycles. The maximum Gasteiger partial charge on any atom is 0.208 e. The number of nitrogens with one attached hydrogen (secondary N) is 1. The molecule has 104 valence electrons. The molecular weight excluding hydrogens is 288 g/mol. The standard InChI is InChI=1S/C11H15ClN4O2S/c1-19(17,18)14-4-2-6-16-10-3-5-13-8-9(10)15-11(16)7-12/h3,5,8,14H,2,4,6-7H2,1H3. The lowest BCUT2D eigenvalue weighted by atomic mass is 10.3. The molecule has 1 N–H and O–H groups in total. The first-order valence-electron chi connectivity index (χ1n) is 5.81. The third-order valence-corrected chi connectivity index (χ3v) is 3.64. The second-order valence-electron chi connectivity index (χ2n) is 4.20. The van der Waals surface area contributed by atoms with Crippen LogP contribution in [0.3, 0.4) is 0 Å². The Labute approximate surface area is 116 Å². The van der Waals surface area contributed by atoms with Gasteiger partial charge in [0.05, 0.1) is 23.8 Å². The molecule has 2 aromatic rings. The summed E-state index contributed by atoms with van der Waals surface area (Å²) in [7, 11) is -3.13. The molecule has 2 aromatic heterocycles. The molecule has 0 aliphatic rings. The molecule has 6 nitrogen and oxygen atoms in total. The van der Waals surface area contributed by atoms with Crippen LogP contribution in [-0.2, 0) is 22.4 Å². The molecule has 0 bridgehead atoms. The van der Waals surface area contributed by atoms with Crippen molar-refractivity contribution in [1.29, 1.82) is 0 Å². The van der Waals surface area contributed by atoms with E-state index in [4.69, 9.17) is 11.6 Å². The van der Waals surface area contributed by atoms with Crippen molar-refractivity contribution < 1.29 is 8.42 Å². The second kappa shape index (κ2) is 5.85. The molecule has 0 radical (unpaired) electrons. The van der Waals surface area contributed by atoms with E-state index in [2.05, 4.69) is 14.7 Å². The zero-order valence-electron chi connectivity index (χ0n) is 10.5. The fourth-order valence-corrected chi connectivity index (χ4v) is 2.60. The van der Waals surface area contributed by atoms with E-state index in [0.29, 0.717) is 25.4 Å². The summed E-state index contributed by atoms with van der Waals surface area (Å²) in [6.45, 7) is 1.05. The number of sulfonamides is 1. The maximum absolute atomic E-state index is 11.0. The number of hydrogen-bond acceptors (Lipinski definition) is 4. The van der Waals surface area contributed by atoms with Crippen LogP contribution in [0, 0.1) is 0 Å². The number of hydrogen-bond donors (Lipinski definition) is 1. The summed E-state index contributed by atoms with van der Waals surface area (Å²) < 4.78 is 26.4. The minimum absolute atomic E-state index is 0.314. The summed E-state index contributed by atoms with van der Waals surface area (Å²) in [5.74, 6) is 1.08. The Morgan fingerprint density at radius 2 is 2.26 bits per heavy atom. The Morgan fingerprint density at radius 3 is 2.95 bits per heavy atom. The molecule has 0 spiro atoms. The molecule has 0 aliphatic carbocycles. The van der Waals surface area contributed by atoms with Crippen LogP contribution in [0.2, 0.25) is 0 Å². The van der Waals surface area contributed by atoms with Gasteiger partial charge in [-0.15, -0.1) is 11.6 Å². The van der Waals surface area contributed by atoms with Crippen molar-refractivity contribution >= 4 is 32.7 Å². The van der Waals surface area contributed by atoms with Crippen LogP contribution in [0.25, 0.3) is 11.0 Å². The van der Waals surface area contributed by atoms with Gasteiger partial charge in [0.1, 0.15) is 11.3 Å². The van der Waals surface area contributed by atoms with Crippen molar-refractivity contribution in [2.24, 2.45) is 0 Å². The van der Waals surface area contributed by atoms with E-state index >= 15 is 0 Å². The molecule has 2 rings (SSSR count). The molecule has 0 aromatic carbocycles. The number of halogens is 1. The third kappa shape index (κ3) is 3.65. The lowest BCUT2D eigenvalue weighted by Crippen LogP contribution is -2.24. The smallest absolute Gasteiger partial charge is 0.208 e. The van der Waals surface area contributed by atoms with Crippen LogP contribution in [0.15, 0.2) is 18.5 Å². The monoisotopic (exact) mass is 302 g/mol. The SMILES string of the molecule is CS(=O)(=O)NCCCn1c(CCl)nc2cnccc21. The van der Waals surface area contributed by atoms with E-state index in [1.165, 1.54) is 0 Å². The number of pyridine rings is 1. The van der Waals surface area contributed by atoms with Crippen LogP contribution in [0.1, 0.15) is 12.2 Å². The highest BCUT2D eigenvalue weighted by atomic mass is 35.5. The molecule has 19 heavy (non-hydrogen) atoms. The Hall–Kier alpha value is -1.18. The molecule has 0 saturated heterocycles. The third-order valence-electron chi connectivity index (χ3n) is 2.67. The topological polar surface area (TPSA) is 76.9 Å². The van der Waals surface area contributed by atoms with Gasteiger partial charge in [0.15, 0.2) is 0 Å². The number of rotatable bonds is 6. The average molecular weight is 303 g/mol. The highest BCUT2D eigenvalue weighted by Gasteiger charge is 2.09. The summed E-state index contributed by atoms with van der Waals surface area (Å²) in [6, 6.07) is 1.88. The summed E-state index contributed by atoms with van der Waals surface area (Å²) in [5, 5.41) is 0. The van der Waals surface area contributed by atoms with E-state index in [0.717, 1.165) is 23.1 Å². The number of aryl methyl sites for hydroxylation is 1. The first-order chi connectivity index (χ1) is 9.01. The van der Waals surface area contributed by atoms with Crippen LogP contribution >= 0.6 is 11.6 Å². The second-order valence-corrected chi connectivity index (χ2v) is 6.30. The normalized spacial score (nSPS) is 12.1. The molecule has 0 aliphatic heterocycles.